The average molecular weight is 431 g/mol. The summed E-state index contributed by atoms with van der Waals surface area (Å²) in [5, 5.41) is 13.2. The predicted octanol–water partition coefficient (Wildman–Crippen LogP) is 1.90. The number of hydrogen-bond acceptors (Lipinski definition) is 5. The molecule has 0 bridgehead atoms. The van der Waals surface area contributed by atoms with E-state index in [1.165, 1.54) is 28.5 Å². The zero-order valence-electron chi connectivity index (χ0n) is 17.2. The van der Waals surface area contributed by atoms with Gasteiger partial charge in [0.1, 0.15) is 17.5 Å². The Kier molecular flexibility index (Phi) is 4.60. The molecule has 3 aliphatic rings. The van der Waals surface area contributed by atoms with Crippen LogP contribution in [0.15, 0.2) is 21.5 Å². The van der Waals surface area contributed by atoms with Crippen LogP contribution in [0.25, 0.3) is 0 Å². The first-order chi connectivity index (χ1) is 14.3. The van der Waals surface area contributed by atoms with Gasteiger partial charge in [0.15, 0.2) is 9.92 Å². The first-order valence-corrected chi connectivity index (χ1v) is 11.8. The van der Waals surface area contributed by atoms with Crippen LogP contribution in [0.2, 0.25) is 0 Å². The van der Waals surface area contributed by atoms with Gasteiger partial charge in [0.25, 0.3) is 0 Å². The largest absolute Gasteiger partial charge is 0.475 e. The number of nitrogens with zero attached hydrogens (tertiary/aromatic N) is 4. The van der Waals surface area contributed by atoms with Crippen LogP contribution in [0.1, 0.15) is 34.7 Å². The van der Waals surface area contributed by atoms with Crippen LogP contribution in [0.5, 0.6) is 5.88 Å². The molecule has 2 heterocycles. The fraction of sp³-hybridized carbons (Fsp3) is 0.500. The number of likely N-dealkylation sites (N-methyl/N-ethyl adjacent to an activating group) is 1. The molecular weight excluding hydrogens is 404 g/mol. The molecule has 1 aromatic carbocycles. The fourth-order valence-electron chi connectivity index (χ4n) is 4.63. The van der Waals surface area contributed by atoms with Gasteiger partial charge in [0.2, 0.25) is 5.88 Å². The van der Waals surface area contributed by atoms with Gasteiger partial charge in [-0.1, -0.05) is 6.07 Å². The third-order valence-electron chi connectivity index (χ3n) is 6.06. The lowest BCUT2D eigenvalue weighted by atomic mass is 9.83. The molecule has 0 spiro atoms. The molecule has 0 saturated heterocycles. The lowest BCUT2D eigenvalue weighted by Gasteiger charge is -2.25. The minimum absolute atomic E-state index is 0.00137. The van der Waals surface area contributed by atoms with Gasteiger partial charge in [-0.2, -0.15) is 5.10 Å². The smallest absolute Gasteiger partial charge is 0.354 e. The number of aryl methyl sites for hydroxylation is 2. The molecule has 3 N–H and O–H groups in total. The number of nitrogens with two attached hydrogens (primary N) is 1. The van der Waals surface area contributed by atoms with Crippen molar-refractivity contribution in [3.05, 3.63) is 34.5 Å². The Balaban J connectivity index is 1.43. The first-order valence-electron chi connectivity index (χ1n) is 10.2. The van der Waals surface area contributed by atoms with E-state index >= 15 is 0 Å². The molecule has 1 aromatic heterocycles. The summed E-state index contributed by atoms with van der Waals surface area (Å²) >= 11 is 0. The zero-order chi connectivity index (χ0) is 21.0. The van der Waals surface area contributed by atoms with E-state index in [0.717, 1.165) is 44.3 Å². The van der Waals surface area contributed by atoms with Crippen LogP contribution >= 0.6 is 0 Å². The van der Waals surface area contributed by atoms with Crippen molar-refractivity contribution >= 4 is 21.6 Å². The van der Waals surface area contributed by atoms with E-state index in [1.807, 2.05) is 19.0 Å². The second-order valence-corrected chi connectivity index (χ2v) is 10.2. The number of carbonyl (C=O) groups is 1. The molecule has 0 fully saturated rings. The Morgan fingerprint density at radius 3 is 2.83 bits per heavy atom. The summed E-state index contributed by atoms with van der Waals surface area (Å²) in [6.07, 6.45) is 6.42. The van der Waals surface area contributed by atoms with Gasteiger partial charge in [-0.3, -0.25) is 0 Å². The molecule has 2 aliphatic carbocycles. The van der Waals surface area contributed by atoms with E-state index in [2.05, 4.69) is 20.8 Å². The molecule has 2 amide bonds. The molecule has 5 rings (SSSR count). The van der Waals surface area contributed by atoms with Crippen molar-refractivity contribution in [2.75, 3.05) is 32.6 Å². The maximum absolute atomic E-state index is 13.1. The van der Waals surface area contributed by atoms with E-state index in [4.69, 9.17) is 9.88 Å². The summed E-state index contributed by atoms with van der Waals surface area (Å²) in [6, 6.07) is 1.57. The summed E-state index contributed by atoms with van der Waals surface area (Å²) in [4.78, 5) is 14.9. The summed E-state index contributed by atoms with van der Waals surface area (Å²) in [7, 11) is 0.431. The van der Waals surface area contributed by atoms with Crippen molar-refractivity contribution in [3.8, 4) is 5.88 Å². The number of urea groups is 1. The summed E-state index contributed by atoms with van der Waals surface area (Å²) in [6.45, 7) is 1.14. The van der Waals surface area contributed by atoms with Gasteiger partial charge in [-0.15, -0.1) is 4.36 Å². The fourth-order valence-corrected chi connectivity index (χ4v) is 5.62. The van der Waals surface area contributed by atoms with Crippen molar-refractivity contribution in [3.63, 3.8) is 0 Å². The standard InChI is InChI=1S/C20H26N6O3S/c1-25(2)10-14-11-29-19-17(9-22-26(14)19)30(21,28)24-20(27)23-18-15-5-3-4-12(15)8-13-6-7-16(13)18/h8-9,14H,3-7,10-11H2,1-2H3,(H3,21,23,24,27,28)/t14-,30?/m0/s1. The Bertz CT molecular complexity index is 1160. The first kappa shape index (κ1) is 19.5. The molecule has 160 valence electrons. The lowest BCUT2D eigenvalue weighted by molar-refractivity contribution is 0.260. The Labute approximate surface area is 175 Å². The van der Waals surface area contributed by atoms with E-state index in [1.54, 1.807) is 4.68 Å². The predicted molar refractivity (Wildman–Crippen MR) is 113 cm³/mol. The average Bonchev–Trinajstić information content (AvgIpc) is 3.33. The third kappa shape index (κ3) is 3.19. The van der Waals surface area contributed by atoms with E-state index < -0.39 is 15.9 Å². The number of ether oxygens (including phenoxy) is 1. The van der Waals surface area contributed by atoms with Crippen LogP contribution in [0, 0.1) is 0 Å². The minimum Gasteiger partial charge on any atom is -0.475 e. The highest BCUT2D eigenvalue weighted by atomic mass is 32.2. The molecule has 0 radical (unpaired) electrons. The number of amides is 2. The minimum atomic E-state index is -3.49. The Morgan fingerprint density at radius 2 is 2.10 bits per heavy atom. The van der Waals surface area contributed by atoms with Gasteiger partial charge >= 0.3 is 6.03 Å². The van der Waals surface area contributed by atoms with E-state index in [-0.39, 0.29) is 10.9 Å². The molecule has 2 atom stereocenters. The number of anilines is 1. The van der Waals surface area contributed by atoms with Crippen molar-refractivity contribution in [1.82, 2.24) is 14.7 Å². The van der Waals surface area contributed by atoms with Crippen LogP contribution in [-0.2, 0) is 35.6 Å². The zero-order valence-corrected chi connectivity index (χ0v) is 18.0. The van der Waals surface area contributed by atoms with Crippen LogP contribution in [0.4, 0.5) is 10.5 Å². The SMILES string of the molecule is CN(C)C[C@H]1COc2c(S(N)(=O)=NC(=O)Nc3c4c(cc5c3CC5)CCC4)cnn21. The number of carbonyl (C=O) groups excluding carboxylic acids is 1. The van der Waals surface area contributed by atoms with Crippen LogP contribution in [0.3, 0.4) is 0 Å². The molecule has 0 saturated carbocycles. The molecule has 1 aliphatic heterocycles. The summed E-state index contributed by atoms with van der Waals surface area (Å²) < 4.78 is 24.4. The number of benzene rings is 1. The normalized spacial score (nSPS) is 20.6. The second-order valence-electron chi connectivity index (χ2n) is 8.46. The molecule has 9 nitrogen and oxygen atoms in total. The van der Waals surface area contributed by atoms with E-state index in [9.17, 15) is 9.00 Å². The van der Waals surface area contributed by atoms with Gasteiger partial charge in [-0.25, -0.2) is 18.8 Å². The van der Waals surface area contributed by atoms with Gasteiger partial charge in [-0.05, 0) is 68.5 Å². The number of rotatable bonds is 4. The van der Waals surface area contributed by atoms with Crippen molar-refractivity contribution < 1.29 is 13.7 Å². The second kappa shape index (κ2) is 7.07. The van der Waals surface area contributed by atoms with Gasteiger partial charge < -0.3 is 15.0 Å². The summed E-state index contributed by atoms with van der Waals surface area (Å²) in [5.41, 5.74) is 5.78. The number of nitrogens with one attached hydrogen (secondary N) is 1. The Morgan fingerprint density at radius 1 is 1.33 bits per heavy atom. The number of aromatic nitrogens is 2. The highest BCUT2D eigenvalue weighted by Crippen LogP contribution is 2.40. The molecule has 2 aromatic rings. The number of hydrogen-bond donors (Lipinski definition) is 2. The maximum Gasteiger partial charge on any atom is 0.354 e. The monoisotopic (exact) mass is 430 g/mol. The molecule has 10 heteroatoms. The topological polar surface area (TPSA) is 115 Å². The highest BCUT2D eigenvalue weighted by molar-refractivity contribution is 7.91. The number of fused-ring (bicyclic) bond motifs is 3. The Hall–Kier alpha value is -2.43. The third-order valence-corrected chi connectivity index (χ3v) is 7.41. The van der Waals surface area contributed by atoms with Crippen molar-refractivity contribution in [1.29, 1.82) is 0 Å². The molecular formula is C20H26N6O3S. The molecule has 30 heavy (non-hydrogen) atoms. The van der Waals surface area contributed by atoms with E-state index in [0.29, 0.717) is 12.5 Å². The highest BCUT2D eigenvalue weighted by Gasteiger charge is 2.32. The van der Waals surface area contributed by atoms with Gasteiger partial charge in [0, 0.05) is 12.2 Å². The molecule has 1 unspecified atom stereocenters. The van der Waals surface area contributed by atoms with Crippen LogP contribution < -0.4 is 15.2 Å². The van der Waals surface area contributed by atoms with Crippen molar-refractivity contribution in [2.45, 2.75) is 43.0 Å². The summed E-state index contributed by atoms with van der Waals surface area (Å²) in [5.74, 6) is 0.329. The van der Waals surface area contributed by atoms with Crippen molar-refractivity contribution in [2.24, 2.45) is 9.50 Å². The van der Waals surface area contributed by atoms with Gasteiger partial charge in [0.05, 0.1) is 6.20 Å². The van der Waals surface area contributed by atoms with Crippen LogP contribution in [-0.4, -0.2) is 52.2 Å². The lowest BCUT2D eigenvalue weighted by Crippen LogP contribution is -2.24. The maximum atomic E-state index is 13.1. The quantitative estimate of drug-likeness (QED) is 0.769.